The number of sulfonamides is 1. The lowest BCUT2D eigenvalue weighted by molar-refractivity contribution is 0.0600. The predicted molar refractivity (Wildman–Crippen MR) is 83.0 cm³/mol. The Hall–Kier alpha value is -2.48. The average molecular weight is 338 g/mol. The minimum absolute atomic E-state index is 0.0565. The van der Waals surface area contributed by atoms with Crippen LogP contribution in [0.5, 0.6) is 0 Å². The molecule has 1 heterocycles. The summed E-state index contributed by atoms with van der Waals surface area (Å²) in [5, 5.41) is 0. The first-order valence-corrected chi connectivity index (χ1v) is 8.42. The molecule has 0 aliphatic carbocycles. The van der Waals surface area contributed by atoms with Crippen LogP contribution in [-0.4, -0.2) is 32.7 Å². The van der Waals surface area contributed by atoms with Crippen LogP contribution in [0.3, 0.4) is 0 Å². The highest BCUT2D eigenvalue weighted by Crippen LogP contribution is 2.21. The van der Waals surface area contributed by atoms with Crippen LogP contribution < -0.4 is 4.31 Å². The van der Waals surface area contributed by atoms with Crippen LogP contribution in [0.1, 0.15) is 15.9 Å². The van der Waals surface area contributed by atoms with Gasteiger partial charge in [0.1, 0.15) is 5.82 Å². The van der Waals surface area contributed by atoms with E-state index in [0.717, 1.165) is 16.6 Å². The van der Waals surface area contributed by atoms with Crippen molar-refractivity contribution in [3.05, 3.63) is 59.7 Å². The number of benzene rings is 1. The van der Waals surface area contributed by atoms with Gasteiger partial charge in [0.15, 0.2) is 0 Å². The van der Waals surface area contributed by atoms with Gasteiger partial charge in [-0.05, 0) is 24.3 Å². The zero-order valence-corrected chi connectivity index (χ0v) is 13.4. The molecule has 1 aromatic carbocycles. The van der Waals surface area contributed by atoms with Gasteiger partial charge in [-0.15, -0.1) is 0 Å². The summed E-state index contributed by atoms with van der Waals surface area (Å²) in [6.45, 7) is -0.211. The molecule has 0 bridgehead atoms. The molecule has 0 atom stereocenters. The Bertz CT molecular complexity index is 809. The SMILES string of the molecule is COC(=O)c1ccc(CN(c2cccnc2)S(C)(=O)=O)c(F)c1. The van der Waals surface area contributed by atoms with E-state index in [0.29, 0.717) is 5.69 Å². The molecule has 0 saturated carbocycles. The molecule has 8 heteroatoms. The number of esters is 1. The number of carbonyl (C=O) groups is 1. The Morgan fingerprint density at radius 2 is 2.09 bits per heavy atom. The van der Waals surface area contributed by atoms with Crippen molar-refractivity contribution in [2.75, 3.05) is 17.7 Å². The van der Waals surface area contributed by atoms with Crippen LogP contribution in [-0.2, 0) is 21.3 Å². The first-order valence-electron chi connectivity index (χ1n) is 6.57. The molecule has 0 radical (unpaired) electrons. The number of halogens is 1. The second kappa shape index (κ2) is 6.74. The van der Waals surface area contributed by atoms with Crippen LogP contribution in [0.2, 0.25) is 0 Å². The number of carbonyl (C=O) groups excluding carboxylic acids is 1. The molecular weight excluding hydrogens is 323 g/mol. The minimum atomic E-state index is -3.63. The highest BCUT2D eigenvalue weighted by atomic mass is 32.2. The van der Waals surface area contributed by atoms with Crippen LogP contribution >= 0.6 is 0 Å². The molecule has 2 aromatic rings. The maximum absolute atomic E-state index is 14.2. The van der Waals surface area contributed by atoms with E-state index in [1.165, 1.54) is 31.6 Å². The molecule has 1 aromatic heterocycles. The van der Waals surface area contributed by atoms with Crippen molar-refractivity contribution in [2.24, 2.45) is 0 Å². The number of ether oxygens (including phenoxy) is 1. The summed E-state index contributed by atoms with van der Waals surface area (Å²) in [6, 6.07) is 6.91. The predicted octanol–water partition coefficient (Wildman–Crippen LogP) is 1.97. The molecule has 0 saturated heterocycles. The highest BCUT2D eigenvalue weighted by molar-refractivity contribution is 7.92. The number of anilines is 1. The molecule has 0 N–H and O–H groups in total. The van der Waals surface area contributed by atoms with E-state index in [1.807, 2.05) is 0 Å². The third kappa shape index (κ3) is 4.04. The van der Waals surface area contributed by atoms with Gasteiger partial charge in [0, 0.05) is 11.8 Å². The molecule has 122 valence electrons. The molecule has 0 amide bonds. The topological polar surface area (TPSA) is 76.6 Å². The summed E-state index contributed by atoms with van der Waals surface area (Å²) >= 11 is 0. The van der Waals surface area contributed by atoms with Gasteiger partial charge < -0.3 is 4.74 Å². The summed E-state index contributed by atoms with van der Waals surface area (Å²) in [5.41, 5.74) is 0.513. The standard InChI is InChI=1S/C15H15FN2O4S/c1-22-15(19)11-5-6-12(14(16)8-11)10-18(23(2,20)21)13-4-3-7-17-9-13/h3-9H,10H2,1-2H3. The van der Waals surface area contributed by atoms with Crippen LogP contribution in [0, 0.1) is 5.82 Å². The van der Waals surface area contributed by atoms with E-state index in [4.69, 9.17) is 0 Å². The fourth-order valence-corrected chi connectivity index (χ4v) is 2.84. The molecule has 2 rings (SSSR count). The lowest BCUT2D eigenvalue weighted by atomic mass is 10.1. The van der Waals surface area contributed by atoms with Gasteiger partial charge in [-0.1, -0.05) is 6.07 Å². The van der Waals surface area contributed by atoms with E-state index in [2.05, 4.69) is 9.72 Å². The average Bonchev–Trinajstić information content (AvgIpc) is 2.52. The molecule has 0 aliphatic rings. The van der Waals surface area contributed by atoms with Gasteiger partial charge in [0.2, 0.25) is 10.0 Å². The van der Waals surface area contributed by atoms with Gasteiger partial charge in [-0.2, -0.15) is 0 Å². The number of aromatic nitrogens is 1. The van der Waals surface area contributed by atoms with E-state index in [9.17, 15) is 17.6 Å². The first kappa shape index (κ1) is 16.9. The highest BCUT2D eigenvalue weighted by Gasteiger charge is 2.20. The Balaban J connectivity index is 2.36. The number of hydrogen-bond donors (Lipinski definition) is 0. The van der Waals surface area contributed by atoms with Crippen LogP contribution in [0.15, 0.2) is 42.7 Å². The van der Waals surface area contributed by atoms with E-state index in [-0.39, 0.29) is 17.7 Å². The third-order valence-corrected chi connectivity index (χ3v) is 4.26. The number of pyridine rings is 1. The van der Waals surface area contributed by atoms with Crippen molar-refractivity contribution < 1.29 is 22.3 Å². The van der Waals surface area contributed by atoms with Crippen molar-refractivity contribution in [3.63, 3.8) is 0 Å². The summed E-state index contributed by atoms with van der Waals surface area (Å²) < 4.78 is 43.7. The molecule has 0 unspecified atom stereocenters. The number of nitrogens with zero attached hydrogens (tertiary/aromatic N) is 2. The molecule has 23 heavy (non-hydrogen) atoms. The summed E-state index contributed by atoms with van der Waals surface area (Å²) in [4.78, 5) is 15.2. The Labute approximate surface area is 133 Å². The lowest BCUT2D eigenvalue weighted by Crippen LogP contribution is -2.29. The second-order valence-corrected chi connectivity index (χ2v) is 6.69. The normalized spacial score (nSPS) is 11.1. The quantitative estimate of drug-likeness (QED) is 0.779. The van der Waals surface area contributed by atoms with E-state index in [1.54, 1.807) is 12.1 Å². The van der Waals surface area contributed by atoms with Crippen molar-refractivity contribution in [2.45, 2.75) is 6.54 Å². The van der Waals surface area contributed by atoms with Crippen molar-refractivity contribution in [1.29, 1.82) is 0 Å². The second-order valence-electron chi connectivity index (χ2n) is 4.78. The van der Waals surface area contributed by atoms with E-state index < -0.39 is 21.8 Å². The van der Waals surface area contributed by atoms with Gasteiger partial charge in [-0.25, -0.2) is 17.6 Å². The van der Waals surface area contributed by atoms with Crippen molar-refractivity contribution in [3.8, 4) is 0 Å². The molecular formula is C15H15FN2O4S. The zero-order valence-electron chi connectivity index (χ0n) is 12.6. The minimum Gasteiger partial charge on any atom is -0.465 e. The number of hydrogen-bond acceptors (Lipinski definition) is 5. The smallest absolute Gasteiger partial charge is 0.337 e. The Morgan fingerprint density at radius 1 is 1.35 bits per heavy atom. The van der Waals surface area contributed by atoms with Gasteiger partial charge in [0.05, 0.1) is 37.4 Å². The monoisotopic (exact) mass is 338 g/mol. The van der Waals surface area contributed by atoms with Crippen LogP contribution in [0.4, 0.5) is 10.1 Å². The molecule has 0 spiro atoms. The lowest BCUT2D eigenvalue weighted by Gasteiger charge is -2.22. The van der Waals surface area contributed by atoms with Crippen molar-refractivity contribution >= 4 is 21.7 Å². The fraction of sp³-hybridized carbons (Fsp3) is 0.200. The number of rotatable bonds is 5. The maximum atomic E-state index is 14.2. The van der Waals surface area contributed by atoms with Gasteiger partial charge in [-0.3, -0.25) is 9.29 Å². The van der Waals surface area contributed by atoms with Crippen LogP contribution in [0.25, 0.3) is 0 Å². The largest absolute Gasteiger partial charge is 0.465 e. The Kier molecular flexibility index (Phi) is 4.95. The van der Waals surface area contributed by atoms with Crippen molar-refractivity contribution in [1.82, 2.24) is 4.98 Å². The summed E-state index contributed by atoms with van der Waals surface area (Å²) in [7, 11) is -2.43. The first-order chi connectivity index (χ1) is 10.8. The molecule has 0 fully saturated rings. The number of methoxy groups -OCH3 is 1. The fourth-order valence-electron chi connectivity index (χ4n) is 1.98. The molecule has 6 nitrogen and oxygen atoms in total. The zero-order chi connectivity index (χ0) is 17.0. The summed E-state index contributed by atoms with van der Waals surface area (Å²) in [6.07, 6.45) is 3.91. The van der Waals surface area contributed by atoms with Gasteiger partial charge >= 0.3 is 5.97 Å². The summed E-state index contributed by atoms with van der Waals surface area (Å²) in [5.74, 6) is -1.35. The maximum Gasteiger partial charge on any atom is 0.337 e. The Morgan fingerprint density at radius 3 is 2.61 bits per heavy atom. The molecule has 0 aliphatic heterocycles. The third-order valence-electron chi connectivity index (χ3n) is 3.12. The van der Waals surface area contributed by atoms with Gasteiger partial charge in [0.25, 0.3) is 0 Å². The van der Waals surface area contributed by atoms with E-state index >= 15 is 0 Å².